The lowest BCUT2D eigenvalue weighted by Crippen LogP contribution is -2.53. The third-order valence-corrected chi connectivity index (χ3v) is 1.36. The lowest BCUT2D eigenvalue weighted by atomic mass is 10.2. The van der Waals surface area contributed by atoms with Crippen molar-refractivity contribution in [2.24, 2.45) is 0 Å². The molecule has 0 heterocycles. The number of carboxylic acid groups (broad SMARTS) is 1. The van der Waals surface area contributed by atoms with Crippen molar-refractivity contribution in [3.05, 3.63) is 0 Å². The number of hydrogen-bond acceptors (Lipinski definition) is 4. The van der Waals surface area contributed by atoms with Crippen LogP contribution < -0.4 is 10.7 Å². The van der Waals surface area contributed by atoms with Crippen LogP contribution >= 0.6 is 0 Å². The van der Waals surface area contributed by atoms with Crippen LogP contribution in [0.5, 0.6) is 0 Å². The van der Waals surface area contributed by atoms with Crippen LogP contribution in [-0.2, 0) is 4.79 Å². The smallest absolute Gasteiger partial charge is 0.330 e. The van der Waals surface area contributed by atoms with Crippen LogP contribution in [0.1, 0.15) is 6.92 Å². The predicted molar refractivity (Wildman–Crippen MR) is 48.5 cm³/mol. The Hall–Kier alpha value is -1.34. The average Bonchev–Trinajstić information content (AvgIpc) is 1.97. The van der Waals surface area contributed by atoms with Crippen LogP contribution in [0.4, 0.5) is 4.79 Å². The molecule has 7 nitrogen and oxygen atoms in total. The second-order valence-corrected chi connectivity index (χ2v) is 3.04. The van der Waals surface area contributed by atoms with Gasteiger partial charge in [-0.3, -0.25) is 5.43 Å². The van der Waals surface area contributed by atoms with Gasteiger partial charge in [0.2, 0.25) is 0 Å². The Morgan fingerprint density at radius 2 is 1.86 bits per heavy atom. The molecule has 0 aliphatic carbocycles. The highest BCUT2D eigenvalue weighted by atomic mass is 16.4. The van der Waals surface area contributed by atoms with Crippen molar-refractivity contribution in [3.8, 4) is 0 Å². The number of carbonyl (C=O) groups is 2. The summed E-state index contributed by atoms with van der Waals surface area (Å²) in [5.41, 5.74) is 2.29. The molecule has 0 radical (unpaired) electrons. The Morgan fingerprint density at radius 1 is 1.36 bits per heavy atom. The van der Waals surface area contributed by atoms with Gasteiger partial charge in [-0.1, -0.05) is 0 Å². The first kappa shape index (κ1) is 12.7. The molecule has 0 aromatic carbocycles. The zero-order chi connectivity index (χ0) is 11.3. The lowest BCUT2D eigenvalue weighted by Gasteiger charge is -2.19. The van der Waals surface area contributed by atoms with Gasteiger partial charge in [0.1, 0.15) is 0 Å². The lowest BCUT2D eigenvalue weighted by molar-refractivity contribution is -0.141. The van der Waals surface area contributed by atoms with Gasteiger partial charge in [-0.2, -0.15) is 0 Å². The Morgan fingerprint density at radius 3 is 2.14 bits per heavy atom. The number of urea groups is 1. The summed E-state index contributed by atoms with van der Waals surface area (Å²) in [5.74, 6) is -1.28. The molecule has 2 amide bonds. The fourth-order valence-corrected chi connectivity index (χ4v) is 0.765. The quantitative estimate of drug-likeness (QED) is 0.423. The van der Waals surface area contributed by atoms with E-state index in [1.165, 1.54) is 11.9 Å². The standard InChI is InChI=1S/C7H15N3O4/c1-4(11)5(6(12)13)8-7(14)9-10(2)3/h4-5,11H,1-3H3,(H,12,13)(H2,8,9,14). The Labute approximate surface area is 81.7 Å². The van der Waals surface area contributed by atoms with Gasteiger partial charge in [0.15, 0.2) is 6.04 Å². The molecule has 2 atom stereocenters. The number of aliphatic hydroxyl groups excluding tert-OH is 1. The second kappa shape index (κ2) is 5.40. The molecule has 0 aromatic rings. The first-order valence-electron chi connectivity index (χ1n) is 4.00. The molecule has 0 fully saturated rings. The summed E-state index contributed by atoms with van der Waals surface area (Å²) in [6.07, 6.45) is -1.15. The van der Waals surface area contributed by atoms with E-state index in [0.717, 1.165) is 0 Å². The van der Waals surface area contributed by atoms with Crippen molar-refractivity contribution in [3.63, 3.8) is 0 Å². The molecule has 82 valence electrons. The molecular weight excluding hydrogens is 190 g/mol. The third-order valence-electron chi connectivity index (χ3n) is 1.36. The van der Waals surface area contributed by atoms with Crippen molar-refractivity contribution in [2.75, 3.05) is 14.1 Å². The van der Waals surface area contributed by atoms with E-state index in [1.54, 1.807) is 14.1 Å². The fourth-order valence-electron chi connectivity index (χ4n) is 0.765. The summed E-state index contributed by atoms with van der Waals surface area (Å²) in [5, 5.41) is 21.1. The predicted octanol–water partition coefficient (Wildman–Crippen LogP) is -1.40. The topological polar surface area (TPSA) is 102 Å². The minimum Gasteiger partial charge on any atom is -0.480 e. The highest BCUT2D eigenvalue weighted by Gasteiger charge is 2.24. The van der Waals surface area contributed by atoms with Crippen LogP contribution in [0.25, 0.3) is 0 Å². The van der Waals surface area contributed by atoms with Crippen molar-refractivity contribution >= 4 is 12.0 Å². The van der Waals surface area contributed by atoms with Gasteiger partial charge in [-0.25, -0.2) is 14.6 Å². The highest BCUT2D eigenvalue weighted by molar-refractivity contribution is 5.82. The van der Waals surface area contributed by atoms with Crippen LogP contribution in [0, 0.1) is 0 Å². The van der Waals surface area contributed by atoms with Gasteiger partial charge < -0.3 is 15.5 Å². The monoisotopic (exact) mass is 205 g/mol. The number of hydrazine groups is 1. The number of hydrogen-bond donors (Lipinski definition) is 4. The first-order chi connectivity index (χ1) is 6.34. The van der Waals surface area contributed by atoms with E-state index in [4.69, 9.17) is 10.2 Å². The van der Waals surface area contributed by atoms with Crippen LogP contribution in [-0.4, -0.2) is 53.5 Å². The zero-order valence-corrected chi connectivity index (χ0v) is 8.31. The molecule has 4 N–H and O–H groups in total. The van der Waals surface area contributed by atoms with E-state index >= 15 is 0 Å². The second-order valence-electron chi connectivity index (χ2n) is 3.04. The SMILES string of the molecule is CC(O)C(NC(=O)NN(C)C)C(=O)O. The maximum Gasteiger partial charge on any atom is 0.330 e. The van der Waals surface area contributed by atoms with Gasteiger partial charge >= 0.3 is 12.0 Å². The molecular formula is C7H15N3O4. The number of aliphatic carboxylic acids is 1. The summed E-state index contributed by atoms with van der Waals surface area (Å²) < 4.78 is 0. The summed E-state index contributed by atoms with van der Waals surface area (Å²) >= 11 is 0. The van der Waals surface area contributed by atoms with Crippen LogP contribution in [0.2, 0.25) is 0 Å². The molecule has 14 heavy (non-hydrogen) atoms. The average molecular weight is 205 g/mol. The normalized spacial score (nSPS) is 14.6. The molecule has 0 aliphatic rings. The van der Waals surface area contributed by atoms with Crippen LogP contribution in [0.3, 0.4) is 0 Å². The largest absolute Gasteiger partial charge is 0.480 e. The molecule has 0 rings (SSSR count). The summed E-state index contributed by atoms with van der Waals surface area (Å²) in [6.45, 7) is 1.29. The Kier molecular flexibility index (Phi) is 4.89. The van der Waals surface area contributed by atoms with Crippen molar-refractivity contribution in [1.82, 2.24) is 15.8 Å². The van der Waals surface area contributed by atoms with Gasteiger partial charge in [-0.05, 0) is 6.92 Å². The van der Waals surface area contributed by atoms with Crippen molar-refractivity contribution < 1.29 is 19.8 Å². The third kappa shape index (κ3) is 4.63. The van der Waals surface area contributed by atoms with E-state index in [9.17, 15) is 9.59 Å². The molecule has 0 spiro atoms. The number of carbonyl (C=O) groups excluding carboxylic acids is 1. The molecule has 0 aromatic heterocycles. The zero-order valence-electron chi connectivity index (χ0n) is 8.31. The minimum absolute atomic E-state index is 0.677. The molecule has 7 heteroatoms. The maximum absolute atomic E-state index is 11.0. The van der Waals surface area contributed by atoms with E-state index in [-0.39, 0.29) is 0 Å². The van der Waals surface area contributed by atoms with Gasteiger partial charge in [0.25, 0.3) is 0 Å². The minimum atomic E-state index is -1.31. The molecule has 2 unspecified atom stereocenters. The number of aliphatic hydroxyl groups is 1. The fraction of sp³-hybridized carbons (Fsp3) is 0.714. The summed E-state index contributed by atoms with van der Waals surface area (Å²) in [7, 11) is 3.16. The summed E-state index contributed by atoms with van der Waals surface area (Å²) in [6, 6.07) is -1.99. The van der Waals surface area contributed by atoms with E-state index < -0.39 is 24.1 Å². The molecule has 0 saturated heterocycles. The Bertz CT molecular complexity index is 217. The van der Waals surface area contributed by atoms with Gasteiger partial charge in [0, 0.05) is 14.1 Å². The molecule has 0 aliphatic heterocycles. The maximum atomic E-state index is 11.0. The van der Waals surface area contributed by atoms with Crippen molar-refractivity contribution in [2.45, 2.75) is 19.1 Å². The number of nitrogens with one attached hydrogen (secondary N) is 2. The highest BCUT2D eigenvalue weighted by Crippen LogP contribution is 1.92. The summed E-state index contributed by atoms with van der Waals surface area (Å²) in [4.78, 5) is 21.6. The molecule has 0 bridgehead atoms. The van der Waals surface area contributed by atoms with E-state index in [0.29, 0.717) is 0 Å². The van der Waals surface area contributed by atoms with E-state index in [1.807, 2.05) is 0 Å². The number of carboxylic acids is 1. The van der Waals surface area contributed by atoms with Crippen molar-refractivity contribution in [1.29, 1.82) is 0 Å². The van der Waals surface area contributed by atoms with Gasteiger partial charge in [0.05, 0.1) is 6.10 Å². The van der Waals surface area contributed by atoms with Crippen LogP contribution in [0.15, 0.2) is 0 Å². The number of amides is 2. The molecule has 0 saturated carbocycles. The number of nitrogens with zero attached hydrogens (tertiary/aromatic N) is 1. The van der Waals surface area contributed by atoms with Gasteiger partial charge in [-0.15, -0.1) is 0 Å². The first-order valence-corrected chi connectivity index (χ1v) is 4.00. The number of rotatable bonds is 4. The Balaban J connectivity index is 4.17. The van der Waals surface area contributed by atoms with E-state index in [2.05, 4.69) is 10.7 Å².